The fourth-order valence-corrected chi connectivity index (χ4v) is 3.53. The summed E-state index contributed by atoms with van der Waals surface area (Å²) in [6.45, 7) is 4.97. The van der Waals surface area contributed by atoms with Crippen LogP contribution >= 0.6 is 0 Å². The monoisotopic (exact) mass is 343 g/mol. The van der Waals surface area contributed by atoms with Crippen molar-refractivity contribution in [3.63, 3.8) is 0 Å². The number of methoxy groups -OCH3 is 2. The third kappa shape index (κ3) is 3.48. The number of aromatic nitrogens is 2. The highest BCUT2D eigenvalue weighted by Crippen LogP contribution is 2.37. The average Bonchev–Trinajstić information content (AvgIpc) is 3.21. The first kappa shape index (κ1) is 17.3. The molecule has 2 aromatic rings. The molecule has 1 fully saturated rings. The van der Waals surface area contributed by atoms with Crippen molar-refractivity contribution in [2.75, 3.05) is 20.8 Å². The van der Waals surface area contributed by atoms with Gasteiger partial charge in [-0.15, -0.1) is 0 Å². The molecule has 1 aromatic heterocycles. The van der Waals surface area contributed by atoms with Gasteiger partial charge in [0, 0.05) is 12.2 Å². The number of ether oxygens (including phenoxy) is 2. The number of aryl methyl sites for hydroxylation is 2. The van der Waals surface area contributed by atoms with Crippen molar-refractivity contribution >= 4 is 5.91 Å². The Labute approximate surface area is 148 Å². The van der Waals surface area contributed by atoms with Gasteiger partial charge in [0.05, 0.1) is 26.0 Å². The van der Waals surface area contributed by atoms with Crippen LogP contribution in [0, 0.1) is 13.8 Å². The van der Waals surface area contributed by atoms with E-state index in [0.29, 0.717) is 11.5 Å². The predicted octanol–water partition coefficient (Wildman–Crippen LogP) is 2.88. The van der Waals surface area contributed by atoms with Crippen molar-refractivity contribution in [1.29, 1.82) is 0 Å². The van der Waals surface area contributed by atoms with Crippen molar-refractivity contribution in [1.82, 2.24) is 14.7 Å². The maximum absolute atomic E-state index is 12.8. The maximum Gasteiger partial charge on any atom is 0.244 e. The van der Waals surface area contributed by atoms with Gasteiger partial charge in [0.15, 0.2) is 11.5 Å². The SMILES string of the molecule is COc1ccc([C@@H]2CCCN2C(=O)Cn2nc(C)cc2C)cc1OC. The largest absolute Gasteiger partial charge is 0.493 e. The molecule has 0 spiro atoms. The third-order valence-electron chi connectivity index (χ3n) is 4.75. The minimum Gasteiger partial charge on any atom is -0.493 e. The van der Waals surface area contributed by atoms with Crippen LogP contribution < -0.4 is 9.47 Å². The zero-order chi connectivity index (χ0) is 18.0. The molecule has 0 aliphatic carbocycles. The lowest BCUT2D eigenvalue weighted by molar-refractivity contribution is -0.133. The molecule has 1 aliphatic heterocycles. The van der Waals surface area contributed by atoms with Crippen LogP contribution in [-0.4, -0.2) is 41.4 Å². The molecule has 1 atom stereocenters. The highest BCUT2D eigenvalue weighted by atomic mass is 16.5. The molecule has 1 aliphatic rings. The van der Waals surface area contributed by atoms with Gasteiger partial charge in [0.2, 0.25) is 5.91 Å². The number of carbonyl (C=O) groups excluding carboxylic acids is 1. The van der Waals surface area contributed by atoms with Gasteiger partial charge in [-0.25, -0.2) is 0 Å². The molecular formula is C19H25N3O3. The van der Waals surface area contributed by atoms with Crippen LogP contribution in [0.2, 0.25) is 0 Å². The third-order valence-corrected chi connectivity index (χ3v) is 4.75. The molecule has 0 saturated carbocycles. The summed E-state index contributed by atoms with van der Waals surface area (Å²) in [5.74, 6) is 1.49. The van der Waals surface area contributed by atoms with Gasteiger partial charge < -0.3 is 14.4 Å². The topological polar surface area (TPSA) is 56.6 Å². The van der Waals surface area contributed by atoms with Crippen molar-refractivity contribution < 1.29 is 14.3 Å². The Balaban J connectivity index is 1.80. The highest BCUT2D eigenvalue weighted by molar-refractivity contribution is 5.77. The number of hydrogen-bond acceptors (Lipinski definition) is 4. The molecule has 0 bridgehead atoms. The van der Waals surface area contributed by atoms with E-state index in [-0.39, 0.29) is 18.5 Å². The van der Waals surface area contributed by atoms with Crippen molar-refractivity contribution in [2.45, 2.75) is 39.3 Å². The second kappa shape index (κ2) is 7.17. The number of amides is 1. The van der Waals surface area contributed by atoms with Gasteiger partial charge in [-0.05, 0) is 50.5 Å². The summed E-state index contributed by atoms with van der Waals surface area (Å²) in [6.07, 6.45) is 1.96. The van der Waals surface area contributed by atoms with E-state index in [1.165, 1.54) is 0 Å². The summed E-state index contributed by atoms with van der Waals surface area (Å²) >= 11 is 0. The normalized spacial score (nSPS) is 17.0. The van der Waals surface area contributed by atoms with Gasteiger partial charge in [-0.2, -0.15) is 5.10 Å². The number of rotatable bonds is 5. The Morgan fingerprint density at radius 3 is 2.60 bits per heavy atom. The molecule has 6 heteroatoms. The quantitative estimate of drug-likeness (QED) is 0.838. The number of carbonyl (C=O) groups is 1. The molecule has 0 radical (unpaired) electrons. The summed E-state index contributed by atoms with van der Waals surface area (Å²) in [5, 5.41) is 4.40. The van der Waals surface area contributed by atoms with Crippen molar-refractivity contribution in [2.24, 2.45) is 0 Å². The van der Waals surface area contributed by atoms with E-state index in [0.717, 1.165) is 36.3 Å². The first-order chi connectivity index (χ1) is 12.0. The van der Waals surface area contributed by atoms with Crippen LogP contribution in [0.25, 0.3) is 0 Å². The second-order valence-corrected chi connectivity index (χ2v) is 6.44. The van der Waals surface area contributed by atoms with E-state index < -0.39 is 0 Å². The molecule has 1 amide bonds. The minimum atomic E-state index is 0.0734. The summed E-state index contributed by atoms with van der Waals surface area (Å²) in [7, 11) is 3.25. The van der Waals surface area contributed by atoms with Gasteiger partial charge >= 0.3 is 0 Å². The van der Waals surface area contributed by atoms with Crippen molar-refractivity contribution in [3.8, 4) is 11.5 Å². The summed E-state index contributed by atoms with van der Waals surface area (Å²) in [6, 6.07) is 7.95. The molecule has 2 heterocycles. The molecule has 1 aromatic carbocycles. The number of hydrogen-bond donors (Lipinski definition) is 0. The summed E-state index contributed by atoms with van der Waals surface area (Å²) in [4.78, 5) is 14.8. The molecule has 6 nitrogen and oxygen atoms in total. The van der Waals surface area contributed by atoms with E-state index in [1.807, 2.05) is 43.0 Å². The van der Waals surface area contributed by atoms with Crippen LogP contribution in [0.1, 0.15) is 35.8 Å². The van der Waals surface area contributed by atoms with Gasteiger partial charge in [0.25, 0.3) is 0 Å². The van der Waals surface area contributed by atoms with E-state index in [2.05, 4.69) is 5.10 Å². The van der Waals surface area contributed by atoms with Crippen LogP contribution in [0.15, 0.2) is 24.3 Å². The zero-order valence-electron chi connectivity index (χ0n) is 15.3. The fraction of sp³-hybridized carbons (Fsp3) is 0.474. The van der Waals surface area contributed by atoms with Gasteiger partial charge in [0.1, 0.15) is 6.54 Å². The minimum absolute atomic E-state index is 0.0734. The van der Waals surface area contributed by atoms with E-state index in [9.17, 15) is 4.79 Å². The molecule has 25 heavy (non-hydrogen) atoms. The Morgan fingerprint density at radius 2 is 1.96 bits per heavy atom. The Morgan fingerprint density at radius 1 is 1.20 bits per heavy atom. The Kier molecular flexibility index (Phi) is 4.97. The van der Waals surface area contributed by atoms with Crippen LogP contribution in [-0.2, 0) is 11.3 Å². The first-order valence-corrected chi connectivity index (χ1v) is 8.56. The number of likely N-dealkylation sites (tertiary alicyclic amines) is 1. The lowest BCUT2D eigenvalue weighted by atomic mass is 10.0. The number of benzene rings is 1. The van der Waals surface area contributed by atoms with E-state index in [1.54, 1.807) is 18.9 Å². The first-order valence-electron chi connectivity index (χ1n) is 8.56. The number of nitrogens with zero attached hydrogens (tertiary/aromatic N) is 3. The summed E-state index contributed by atoms with van der Waals surface area (Å²) in [5.41, 5.74) is 3.02. The molecule has 0 unspecified atom stereocenters. The van der Waals surface area contributed by atoms with E-state index in [4.69, 9.17) is 9.47 Å². The summed E-state index contributed by atoms with van der Waals surface area (Å²) < 4.78 is 12.5. The van der Waals surface area contributed by atoms with Gasteiger partial charge in [-0.3, -0.25) is 9.48 Å². The van der Waals surface area contributed by atoms with Crippen LogP contribution in [0.4, 0.5) is 0 Å². The Bertz CT molecular complexity index is 769. The van der Waals surface area contributed by atoms with Crippen LogP contribution in [0.3, 0.4) is 0 Å². The molecule has 1 saturated heterocycles. The lowest BCUT2D eigenvalue weighted by Gasteiger charge is -2.26. The molecule has 134 valence electrons. The molecule has 0 N–H and O–H groups in total. The molecule has 3 rings (SSSR count). The predicted molar refractivity (Wildman–Crippen MR) is 94.9 cm³/mol. The average molecular weight is 343 g/mol. The highest BCUT2D eigenvalue weighted by Gasteiger charge is 2.30. The zero-order valence-corrected chi connectivity index (χ0v) is 15.3. The molecular weight excluding hydrogens is 318 g/mol. The standard InChI is InChI=1S/C19H25N3O3/c1-13-10-14(2)22(20-13)12-19(23)21-9-5-6-16(21)15-7-8-17(24-3)18(11-15)25-4/h7-8,10-11,16H,5-6,9,12H2,1-4H3/t16-/m0/s1. The lowest BCUT2D eigenvalue weighted by Crippen LogP contribution is -2.34. The smallest absolute Gasteiger partial charge is 0.244 e. The van der Waals surface area contributed by atoms with Gasteiger partial charge in [-0.1, -0.05) is 6.07 Å². The Hall–Kier alpha value is -2.50. The van der Waals surface area contributed by atoms with E-state index >= 15 is 0 Å². The van der Waals surface area contributed by atoms with Crippen molar-refractivity contribution in [3.05, 3.63) is 41.2 Å². The fourth-order valence-electron chi connectivity index (χ4n) is 3.53. The van der Waals surface area contributed by atoms with Crippen LogP contribution in [0.5, 0.6) is 11.5 Å². The maximum atomic E-state index is 12.8. The second-order valence-electron chi connectivity index (χ2n) is 6.44.